The Balaban J connectivity index is 1.90. The van der Waals surface area contributed by atoms with Gasteiger partial charge < -0.3 is 14.8 Å². The quantitative estimate of drug-likeness (QED) is 0.812. The van der Waals surface area contributed by atoms with E-state index in [4.69, 9.17) is 9.52 Å². The Morgan fingerprint density at radius 1 is 1.36 bits per heavy atom. The number of hydrogen-bond donors (Lipinski definition) is 2. The number of carbonyl (C=O) groups excluding carboxylic acids is 1. The number of carbonyl (C=O) groups is 2. The summed E-state index contributed by atoms with van der Waals surface area (Å²) in [4.78, 5) is 22.6. The van der Waals surface area contributed by atoms with Gasteiger partial charge in [-0.15, -0.1) is 0 Å². The second-order valence-corrected chi connectivity index (χ2v) is 7.76. The zero-order valence-corrected chi connectivity index (χ0v) is 13.1. The van der Waals surface area contributed by atoms with E-state index in [0.29, 0.717) is 12.8 Å². The number of aromatic carboxylic acids is 1. The van der Waals surface area contributed by atoms with Crippen molar-refractivity contribution in [3.05, 3.63) is 23.2 Å². The fourth-order valence-electron chi connectivity index (χ4n) is 2.63. The fourth-order valence-corrected chi connectivity index (χ4v) is 4.38. The molecule has 1 aromatic heterocycles. The molecule has 1 saturated carbocycles. The fraction of sp³-hybridized carbons (Fsp3) is 0.571. The number of sulfone groups is 1. The molecule has 0 aromatic carbocycles. The lowest BCUT2D eigenvalue weighted by Gasteiger charge is -2.10. The zero-order valence-electron chi connectivity index (χ0n) is 12.3. The van der Waals surface area contributed by atoms with Crippen LogP contribution in [-0.4, -0.2) is 36.4 Å². The number of aryl methyl sites for hydroxylation is 1. The lowest BCUT2D eigenvalue weighted by molar-refractivity contribution is -0.118. The Morgan fingerprint density at radius 3 is 2.55 bits per heavy atom. The molecule has 1 amide bonds. The number of furan rings is 1. The molecule has 0 atom stereocenters. The van der Waals surface area contributed by atoms with E-state index in [9.17, 15) is 18.0 Å². The number of carboxylic acids is 1. The van der Waals surface area contributed by atoms with E-state index in [0.717, 1.165) is 12.8 Å². The van der Waals surface area contributed by atoms with Crippen LogP contribution in [0.4, 0.5) is 0 Å². The molecule has 1 fully saturated rings. The molecule has 22 heavy (non-hydrogen) atoms. The van der Waals surface area contributed by atoms with E-state index in [2.05, 4.69) is 5.32 Å². The van der Waals surface area contributed by atoms with E-state index >= 15 is 0 Å². The monoisotopic (exact) mass is 329 g/mol. The van der Waals surface area contributed by atoms with E-state index in [-0.39, 0.29) is 23.6 Å². The highest BCUT2D eigenvalue weighted by molar-refractivity contribution is 7.92. The SMILES string of the molecule is Cc1oc(CNC(=O)CS(=O)(=O)C2CCCC2)cc1C(=O)O. The topological polar surface area (TPSA) is 114 Å². The molecule has 0 bridgehead atoms. The van der Waals surface area contributed by atoms with Gasteiger partial charge in [-0.1, -0.05) is 12.8 Å². The van der Waals surface area contributed by atoms with Gasteiger partial charge in [0.05, 0.1) is 11.8 Å². The Hall–Kier alpha value is -1.83. The average Bonchev–Trinajstić information content (AvgIpc) is 3.05. The Bertz CT molecular complexity index is 670. The Kier molecular flexibility index (Phi) is 4.90. The number of rotatable bonds is 6. The van der Waals surface area contributed by atoms with Crippen LogP contribution in [0.1, 0.15) is 47.6 Å². The van der Waals surface area contributed by atoms with E-state index in [1.807, 2.05) is 0 Å². The van der Waals surface area contributed by atoms with Crippen molar-refractivity contribution < 1.29 is 27.5 Å². The molecule has 1 aromatic rings. The predicted octanol–water partition coefficient (Wildman–Crippen LogP) is 1.26. The van der Waals surface area contributed by atoms with Crippen LogP contribution in [-0.2, 0) is 21.2 Å². The van der Waals surface area contributed by atoms with E-state index in [1.54, 1.807) is 0 Å². The van der Waals surface area contributed by atoms with Crippen molar-refractivity contribution in [1.29, 1.82) is 0 Å². The van der Waals surface area contributed by atoms with Gasteiger partial charge in [-0.05, 0) is 25.8 Å². The largest absolute Gasteiger partial charge is 0.478 e. The van der Waals surface area contributed by atoms with Crippen molar-refractivity contribution in [2.45, 2.75) is 44.4 Å². The van der Waals surface area contributed by atoms with Crippen molar-refractivity contribution in [3.63, 3.8) is 0 Å². The highest BCUT2D eigenvalue weighted by Crippen LogP contribution is 2.25. The van der Waals surface area contributed by atoms with Gasteiger partial charge in [0.1, 0.15) is 22.8 Å². The first-order valence-corrected chi connectivity index (χ1v) is 8.82. The zero-order chi connectivity index (χ0) is 16.3. The van der Waals surface area contributed by atoms with Crippen LogP contribution in [0.15, 0.2) is 10.5 Å². The molecule has 1 aliphatic rings. The van der Waals surface area contributed by atoms with Gasteiger partial charge in [0.2, 0.25) is 5.91 Å². The summed E-state index contributed by atoms with van der Waals surface area (Å²) in [5.74, 6) is -1.72. The first-order valence-electron chi connectivity index (χ1n) is 7.10. The van der Waals surface area contributed by atoms with Crippen molar-refractivity contribution in [2.24, 2.45) is 0 Å². The first kappa shape index (κ1) is 16.5. The van der Waals surface area contributed by atoms with Crippen LogP contribution >= 0.6 is 0 Å². The molecular weight excluding hydrogens is 310 g/mol. The smallest absolute Gasteiger partial charge is 0.339 e. The molecule has 0 saturated heterocycles. The van der Waals surface area contributed by atoms with Gasteiger partial charge in [0.15, 0.2) is 9.84 Å². The van der Waals surface area contributed by atoms with Gasteiger partial charge in [-0.25, -0.2) is 13.2 Å². The normalized spacial score (nSPS) is 15.9. The summed E-state index contributed by atoms with van der Waals surface area (Å²) >= 11 is 0. The number of amides is 1. The number of hydrogen-bond acceptors (Lipinski definition) is 5. The summed E-state index contributed by atoms with van der Waals surface area (Å²) in [6.07, 6.45) is 3.01. The maximum atomic E-state index is 12.0. The minimum Gasteiger partial charge on any atom is -0.478 e. The molecule has 0 unspecified atom stereocenters. The van der Waals surface area contributed by atoms with Crippen LogP contribution in [0.25, 0.3) is 0 Å². The van der Waals surface area contributed by atoms with Crippen LogP contribution in [0.3, 0.4) is 0 Å². The average molecular weight is 329 g/mol. The van der Waals surface area contributed by atoms with Gasteiger partial charge in [0.25, 0.3) is 0 Å². The third kappa shape index (κ3) is 3.88. The lowest BCUT2D eigenvalue weighted by atomic mass is 10.2. The third-order valence-electron chi connectivity index (χ3n) is 3.80. The molecule has 2 N–H and O–H groups in total. The van der Waals surface area contributed by atoms with Crippen LogP contribution < -0.4 is 5.32 Å². The molecular formula is C14H19NO6S. The molecule has 0 aliphatic heterocycles. The minimum absolute atomic E-state index is 0.0304. The maximum Gasteiger partial charge on any atom is 0.339 e. The standard InChI is InChI=1S/C14H19NO6S/c1-9-12(14(17)18)6-10(21-9)7-15-13(16)8-22(19,20)11-4-2-3-5-11/h6,11H,2-5,7-8H2,1H3,(H,15,16)(H,17,18). The molecule has 0 spiro atoms. The lowest BCUT2D eigenvalue weighted by Crippen LogP contribution is -2.33. The second-order valence-electron chi connectivity index (χ2n) is 5.48. The highest BCUT2D eigenvalue weighted by atomic mass is 32.2. The molecule has 1 heterocycles. The summed E-state index contributed by atoms with van der Waals surface area (Å²) in [6, 6.07) is 1.32. The van der Waals surface area contributed by atoms with Gasteiger partial charge in [-0.3, -0.25) is 4.79 Å². The molecule has 7 nitrogen and oxygen atoms in total. The summed E-state index contributed by atoms with van der Waals surface area (Å²) in [7, 11) is -3.42. The highest BCUT2D eigenvalue weighted by Gasteiger charge is 2.30. The van der Waals surface area contributed by atoms with Gasteiger partial charge in [-0.2, -0.15) is 0 Å². The molecule has 8 heteroatoms. The maximum absolute atomic E-state index is 12.0. The van der Waals surface area contributed by atoms with Crippen LogP contribution in [0, 0.1) is 6.92 Å². The second kappa shape index (κ2) is 6.51. The summed E-state index contributed by atoms with van der Waals surface area (Å²) < 4.78 is 29.3. The molecule has 2 rings (SSSR count). The molecule has 1 aliphatic carbocycles. The van der Waals surface area contributed by atoms with Gasteiger partial charge >= 0.3 is 5.97 Å². The minimum atomic E-state index is -3.42. The van der Waals surface area contributed by atoms with E-state index < -0.39 is 32.7 Å². The predicted molar refractivity (Wildman–Crippen MR) is 78.3 cm³/mol. The first-order chi connectivity index (χ1) is 10.3. The van der Waals surface area contributed by atoms with Crippen molar-refractivity contribution in [3.8, 4) is 0 Å². The molecule has 0 radical (unpaired) electrons. The van der Waals surface area contributed by atoms with Gasteiger partial charge in [0, 0.05) is 0 Å². The summed E-state index contributed by atoms with van der Waals surface area (Å²) in [5.41, 5.74) is 0.0304. The number of nitrogens with one attached hydrogen (secondary N) is 1. The third-order valence-corrected chi connectivity index (χ3v) is 5.95. The van der Waals surface area contributed by atoms with Crippen LogP contribution in [0.2, 0.25) is 0 Å². The van der Waals surface area contributed by atoms with E-state index in [1.165, 1.54) is 13.0 Å². The summed E-state index contributed by atoms with van der Waals surface area (Å²) in [6.45, 7) is 1.48. The number of carboxylic acid groups (broad SMARTS) is 1. The van der Waals surface area contributed by atoms with Crippen LogP contribution in [0.5, 0.6) is 0 Å². The van der Waals surface area contributed by atoms with Crippen molar-refractivity contribution >= 4 is 21.7 Å². The Morgan fingerprint density at radius 2 is 2.00 bits per heavy atom. The van der Waals surface area contributed by atoms with Crippen molar-refractivity contribution in [1.82, 2.24) is 5.32 Å². The van der Waals surface area contributed by atoms with Crippen molar-refractivity contribution in [2.75, 3.05) is 5.75 Å². The molecule has 122 valence electrons. The Labute approximate surface area is 128 Å². The summed E-state index contributed by atoms with van der Waals surface area (Å²) in [5, 5.41) is 10.9.